The minimum atomic E-state index is 0.801. The molecule has 0 unspecified atom stereocenters. The van der Waals surface area contributed by atoms with Gasteiger partial charge >= 0.3 is 0 Å². The van der Waals surface area contributed by atoms with E-state index in [1.54, 1.807) is 0 Å². The highest BCUT2D eigenvalue weighted by atomic mass is 32.2. The predicted octanol–water partition coefficient (Wildman–Crippen LogP) is 6.25. The number of nitrogens with zero attached hydrogens (tertiary/aromatic N) is 1. The monoisotopic (exact) mass is 345 g/mol. The lowest BCUT2D eigenvalue weighted by molar-refractivity contribution is 0.289. The first kappa shape index (κ1) is 14.9. The van der Waals surface area contributed by atoms with Crippen molar-refractivity contribution in [3.63, 3.8) is 0 Å². The van der Waals surface area contributed by atoms with Crippen molar-refractivity contribution in [3.05, 3.63) is 71.8 Å². The lowest BCUT2D eigenvalue weighted by atomic mass is 10.0. The third-order valence-electron chi connectivity index (χ3n) is 4.84. The fourth-order valence-corrected chi connectivity index (χ4v) is 4.83. The number of hydrogen-bond acceptors (Lipinski definition) is 3. The van der Waals surface area contributed by atoms with Crippen LogP contribution in [0.25, 0.3) is 0 Å². The van der Waals surface area contributed by atoms with Crippen LogP contribution in [0, 0.1) is 6.92 Å². The van der Waals surface area contributed by atoms with E-state index in [1.807, 2.05) is 11.8 Å². The highest BCUT2D eigenvalue weighted by Crippen LogP contribution is 2.53. The lowest BCUT2D eigenvalue weighted by Gasteiger charge is -2.35. The second-order valence-electron chi connectivity index (χ2n) is 6.59. The SMILES string of the molecule is Cc1ccc2c(c1)Sc1ccccc1N2c1cccc2c1OCCC2. The Morgan fingerprint density at radius 1 is 0.880 bits per heavy atom. The molecule has 2 nitrogen and oxygen atoms in total. The molecule has 0 saturated carbocycles. The van der Waals surface area contributed by atoms with E-state index in [0.717, 1.165) is 30.9 Å². The molecule has 0 spiro atoms. The molecule has 0 amide bonds. The van der Waals surface area contributed by atoms with Gasteiger partial charge in [-0.05, 0) is 61.2 Å². The van der Waals surface area contributed by atoms with Gasteiger partial charge in [0, 0.05) is 9.79 Å². The van der Waals surface area contributed by atoms with E-state index in [9.17, 15) is 0 Å². The second-order valence-corrected chi connectivity index (χ2v) is 7.68. The molecule has 124 valence electrons. The van der Waals surface area contributed by atoms with Crippen molar-refractivity contribution >= 4 is 28.8 Å². The van der Waals surface area contributed by atoms with Crippen molar-refractivity contribution < 1.29 is 4.74 Å². The van der Waals surface area contributed by atoms with Gasteiger partial charge in [0.15, 0.2) is 0 Å². The molecule has 0 aliphatic carbocycles. The first-order chi connectivity index (χ1) is 12.3. The number of para-hydroxylation sites is 2. The third kappa shape index (κ3) is 2.42. The molecule has 25 heavy (non-hydrogen) atoms. The molecular formula is C22H19NOS. The molecule has 3 aromatic rings. The minimum Gasteiger partial charge on any atom is -0.491 e. The smallest absolute Gasteiger partial charge is 0.146 e. The van der Waals surface area contributed by atoms with Gasteiger partial charge in [-0.2, -0.15) is 0 Å². The van der Waals surface area contributed by atoms with Crippen molar-refractivity contribution in [2.75, 3.05) is 11.5 Å². The fourth-order valence-electron chi connectivity index (χ4n) is 3.67. The fraction of sp³-hybridized carbons (Fsp3) is 0.182. The van der Waals surface area contributed by atoms with Crippen LogP contribution in [0.15, 0.2) is 70.5 Å². The largest absolute Gasteiger partial charge is 0.491 e. The van der Waals surface area contributed by atoms with Crippen molar-refractivity contribution in [1.82, 2.24) is 0 Å². The van der Waals surface area contributed by atoms with Crippen molar-refractivity contribution in [2.24, 2.45) is 0 Å². The molecule has 2 heterocycles. The molecule has 2 aliphatic heterocycles. The Morgan fingerprint density at radius 3 is 2.68 bits per heavy atom. The predicted molar refractivity (Wildman–Crippen MR) is 104 cm³/mol. The van der Waals surface area contributed by atoms with Crippen LogP contribution in [-0.4, -0.2) is 6.61 Å². The van der Waals surface area contributed by atoms with Crippen LogP contribution in [0.2, 0.25) is 0 Å². The number of ether oxygens (including phenoxy) is 1. The molecule has 0 aromatic heterocycles. The van der Waals surface area contributed by atoms with Gasteiger partial charge in [0.25, 0.3) is 0 Å². The first-order valence-electron chi connectivity index (χ1n) is 8.73. The Balaban J connectivity index is 1.77. The van der Waals surface area contributed by atoms with Gasteiger partial charge in [0.05, 0.1) is 23.7 Å². The zero-order valence-electron chi connectivity index (χ0n) is 14.2. The number of hydrogen-bond donors (Lipinski definition) is 0. The molecule has 2 aliphatic rings. The van der Waals surface area contributed by atoms with E-state index in [-0.39, 0.29) is 0 Å². The summed E-state index contributed by atoms with van der Waals surface area (Å²) in [6.07, 6.45) is 2.19. The number of benzene rings is 3. The van der Waals surface area contributed by atoms with Crippen molar-refractivity contribution in [2.45, 2.75) is 29.6 Å². The van der Waals surface area contributed by atoms with Gasteiger partial charge in [-0.15, -0.1) is 0 Å². The zero-order chi connectivity index (χ0) is 16.8. The van der Waals surface area contributed by atoms with E-state index < -0.39 is 0 Å². The van der Waals surface area contributed by atoms with E-state index in [1.165, 1.54) is 32.3 Å². The highest BCUT2D eigenvalue weighted by molar-refractivity contribution is 7.99. The highest BCUT2D eigenvalue weighted by Gasteiger charge is 2.28. The number of rotatable bonds is 1. The van der Waals surface area contributed by atoms with E-state index in [2.05, 4.69) is 72.5 Å². The summed E-state index contributed by atoms with van der Waals surface area (Å²) in [5, 5.41) is 0. The number of anilines is 3. The Bertz CT molecular complexity index is 966. The van der Waals surface area contributed by atoms with E-state index in [0.29, 0.717) is 0 Å². The maximum absolute atomic E-state index is 6.11. The van der Waals surface area contributed by atoms with Gasteiger partial charge in [-0.1, -0.05) is 42.1 Å². The molecule has 5 rings (SSSR count). The summed E-state index contributed by atoms with van der Waals surface area (Å²) in [6, 6.07) is 21.9. The first-order valence-corrected chi connectivity index (χ1v) is 9.55. The summed E-state index contributed by atoms with van der Waals surface area (Å²) >= 11 is 1.85. The Morgan fingerprint density at radius 2 is 1.72 bits per heavy atom. The molecular weight excluding hydrogens is 326 g/mol. The third-order valence-corrected chi connectivity index (χ3v) is 5.95. The zero-order valence-corrected chi connectivity index (χ0v) is 15.0. The van der Waals surface area contributed by atoms with Gasteiger partial charge in [0.1, 0.15) is 5.75 Å². The standard InChI is InChI=1S/C22H19NOS/c1-15-11-12-18-21(14-15)25-20-10-3-2-8-17(20)23(18)19-9-4-6-16-7-5-13-24-22(16)19/h2-4,6,8-12,14H,5,7,13H2,1H3. The molecule has 0 atom stereocenters. The van der Waals surface area contributed by atoms with Crippen LogP contribution in [0.4, 0.5) is 17.1 Å². The topological polar surface area (TPSA) is 12.5 Å². The van der Waals surface area contributed by atoms with Crippen LogP contribution in [0.3, 0.4) is 0 Å². The van der Waals surface area contributed by atoms with Gasteiger partial charge in [0.2, 0.25) is 0 Å². The van der Waals surface area contributed by atoms with Crippen LogP contribution in [-0.2, 0) is 6.42 Å². The number of aryl methyl sites for hydroxylation is 2. The summed E-state index contributed by atoms with van der Waals surface area (Å²) in [5.41, 5.74) is 6.21. The van der Waals surface area contributed by atoms with E-state index >= 15 is 0 Å². The van der Waals surface area contributed by atoms with Crippen LogP contribution in [0.1, 0.15) is 17.5 Å². The lowest BCUT2D eigenvalue weighted by Crippen LogP contribution is -2.18. The van der Waals surface area contributed by atoms with Crippen molar-refractivity contribution in [1.29, 1.82) is 0 Å². The molecule has 0 bridgehead atoms. The summed E-state index contributed by atoms with van der Waals surface area (Å²) in [4.78, 5) is 4.95. The van der Waals surface area contributed by atoms with Crippen LogP contribution < -0.4 is 9.64 Å². The average molecular weight is 345 g/mol. The van der Waals surface area contributed by atoms with E-state index in [4.69, 9.17) is 4.74 Å². The Kier molecular flexibility index (Phi) is 3.49. The van der Waals surface area contributed by atoms with Crippen LogP contribution >= 0.6 is 11.8 Å². The normalized spacial score (nSPS) is 15.0. The maximum atomic E-state index is 6.11. The van der Waals surface area contributed by atoms with Gasteiger partial charge in [-0.3, -0.25) is 0 Å². The second kappa shape index (κ2) is 5.85. The summed E-state index contributed by atoms with van der Waals surface area (Å²) < 4.78 is 6.11. The molecule has 3 aromatic carbocycles. The molecule has 0 radical (unpaired) electrons. The Hall–Kier alpha value is -2.39. The molecule has 0 fully saturated rings. The summed E-state index contributed by atoms with van der Waals surface area (Å²) in [7, 11) is 0. The maximum Gasteiger partial charge on any atom is 0.146 e. The summed E-state index contributed by atoms with van der Waals surface area (Å²) in [5.74, 6) is 1.04. The molecule has 3 heteroatoms. The quantitative estimate of drug-likeness (QED) is 0.404. The van der Waals surface area contributed by atoms with Crippen LogP contribution in [0.5, 0.6) is 5.75 Å². The minimum absolute atomic E-state index is 0.801. The average Bonchev–Trinajstić information content (AvgIpc) is 2.65. The van der Waals surface area contributed by atoms with Gasteiger partial charge in [-0.25, -0.2) is 0 Å². The Labute approximate surface area is 152 Å². The molecule has 0 saturated heterocycles. The number of fused-ring (bicyclic) bond motifs is 3. The van der Waals surface area contributed by atoms with Crippen molar-refractivity contribution in [3.8, 4) is 5.75 Å². The summed E-state index contributed by atoms with van der Waals surface area (Å²) in [6.45, 7) is 2.95. The molecule has 0 N–H and O–H groups in total. The van der Waals surface area contributed by atoms with Gasteiger partial charge < -0.3 is 9.64 Å².